The van der Waals surface area contributed by atoms with Gasteiger partial charge in [0.05, 0.1) is 22.4 Å². The number of likely N-dealkylation sites (N-methyl/N-ethyl adjacent to an activating group) is 1. The first-order chi connectivity index (χ1) is 23.3. The number of halogens is 3. The number of hydrogen-bond acceptors (Lipinski definition) is 5. The summed E-state index contributed by atoms with van der Waals surface area (Å²) < 4.78 is 39.4. The number of anilines is 4. The quantitative estimate of drug-likeness (QED) is 0.106. The lowest BCUT2D eigenvalue weighted by Gasteiger charge is -2.18. The Bertz CT molecular complexity index is 1940. The number of alkyl halides is 3. The Hall–Kier alpha value is -5.36. The standard InChI is InChI=1S/C37H39F3N6O3/c1-6-46(7-2)16-15-41-36(49)33-22(4)31(42-23(33)5)20-29-28-14-13-26(19-32(28)45-35(29)48)43-30-18-27(12-11-21(30)3)44-34(47)24-9-8-10-25(17-24)37(38,39)40/h8-14,17-20,42-43H,6-7,15-16H2,1-5H3,(H,41,49)(H,44,47)(H,45,48)/b29-20-. The number of rotatable bonds is 11. The zero-order valence-electron chi connectivity index (χ0n) is 28.0. The summed E-state index contributed by atoms with van der Waals surface area (Å²) >= 11 is 0. The predicted octanol–water partition coefficient (Wildman–Crippen LogP) is 7.52. The minimum atomic E-state index is -4.56. The Labute approximate surface area is 283 Å². The summed E-state index contributed by atoms with van der Waals surface area (Å²) in [5.41, 5.74) is 6.01. The molecule has 3 amide bonds. The van der Waals surface area contributed by atoms with Crippen LogP contribution in [-0.4, -0.2) is 53.8 Å². The van der Waals surface area contributed by atoms with Gasteiger partial charge in [-0.15, -0.1) is 0 Å². The molecule has 2 heterocycles. The van der Waals surface area contributed by atoms with Crippen molar-refractivity contribution < 1.29 is 27.6 Å². The number of benzene rings is 3. The maximum absolute atomic E-state index is 13.1. The largest absolute Gasteiger partial charge is 0.416 e. The number of carbonyl (C=O) groups is 3. The van der Waals surface area contributed by atoms with Gasteiger partial charge in [-0.2, -0.15) is 13.2 Å². The third-order valence-corrected chi connectivity index (χ3v) is 8.63. The van der Waals surface area contributed by atoms with Gasteiger partial charge in [0.1, 0.15) is 0 Å². The van der Waals surface area contributed by atoms with Crippen LogP contribution in [0.2, 0.25) is 0 Å². The molecule has 0 radical (unpaired) electrons. The number of amides is 3. The first-order valence-electron chi connectivity index (χ1n) is 16.0. The lowest BCUT2D eigenvalue weighted by Crippen LogP contribution is -2.35. The van der Waals surface area contributed by atoms with Crippen molar-refractivity contribution in [1.29, 1.82) is 0 Å². The van der Waals surface area contributed by atoms with E-state index >= 15 is 0 Å². The molecule has 0 saturated carbocycles. The fourth-order valence-electron chi connectivity index (χ4n) is 5.80. The lowest BCUT2D eigenvalue weighted by atomic mass is 10.0. The van der Waals surface area contributed by atoms with Crippen molar-refractivity contribution in [3.8, 4) is 0 Å². The number of aryl methyl sites for hydroxylation is 2. The van der Waals surface area contributed by atoms with Crippen LogP contribution in [0.15, 0.2) is 60.7 Å². The van der Waals surface area contributed by atoms with E-state index in [0.717, 1.165) is 42.9 Å². The molecule has 0 fully saturated rings. The Kier molecular flexibility index (Phi) is 10.3. The van der Waals surface area contributed by atoms with Crippen molar-refractivity contribution in [3.63, 3.8) is 0 Å². The van der Waals surface area contributed by atoms with Gasteiger partial charge in [0, 0.05) is 52.7 Å². The summed E-state index contributed by atoms with van der Waals surface area (Å²) in [4.78, 5) is 44.4. The van der Waals surface area contributed by atoms with Crippen LogP contribution >= 0.6 is 0 Å². The van der Waals surface area contributed by atoms with E-state index < -0.39 is 17.6 Å². The second-order valence-corrected chi connectivity index (χ2v) is 11.9. The molecule has 3 aromatic carbocycles. The average molecular weight is 673 g/mol. The van der Waals surface area contributed by atoms with E-state index in [1.807, 2.05) is 32.9 Å². The molecule has 0 saturated heterocycles. The molecule has 5 rings (SSSR count). The minimum Gasteiger partial charge on any atom is -0.358 e. The Balaban J connectivity index is 1.31. The van der Waals surface area contributed by atoms with E-state index in [0.29, 0.717) is 57.4 Å². The van der Waals surface area contributed by atoms with E-state index in [2.05, 4.69) is 45.0 Å². The fourth-order valence-corrected chi connectivity index (χ4v) is 5.80. The summed E-state index contributed by atoms with van der Waals surface area (Å²) in [6, 6.07) is 14.8. The van der Waals surface area contributed by atoms with Crippen LogP contribution in [0.25, 0.3) is 11.6 Å². The van der Waals surface area contributed by atoms with Gasteiger partial charge < -0.3 is 31.2 Å². The monoisotopic (exact) mass is 672 g/mol. The van der Waals surface area contributed by atoms with Crippen molar-refractivity contribution >= 4 is 52.1 Å². The molecule has 5 N–H and O–H groups in total. The highest BCUT2D eigenvalue weighted by Crippen LogP contribution is 2.37. The number of H-pyrrole nitrogens is 1. The van der Waals surface area contributed by atoms with E-state index in [1.54, 1.807) is 30.3 Å². The van der Waals surface area contributed by atoms with Gasteiger partial charge in [-0.3, -0.25) is 14.4 Å². The highest BCUT2D eigenvalue weighted by Gasteiger charge is 2.31. The molecule has 1 aliphatic heterocycles. The second-order valence-electron chi connectivity index (χ2n) is 11.9. The first-order valence-corrected chi connectivity index (χ1v) is 16.0. The van der Waals surface area contributed by atoms with Crippen LogP contribution in [0, 0.1) is 20.8 Å². The van der Waals surface area contributed by atoms with Crippen molar-refractivity contribution in [1.82, 2.24) is 15.2 Å². The van der Waals surface area contributed by atoms with Gasteiger partial charge in [0.25, 0.3) is 17.7 Å². The van der Waals surface area contributed by atoms with Crippen LogP contribution in [0.3, 0.4) is 0 Å². The second kappa shape index (κ2) is 14.4. The van der Waals surface area contributed by atoms with Crippen molar-refractivity contribution in [3.05, 3.63) is 105 Å². The van der Waals surface area contributed by atoms with Crippen LogP contribution in [0.1, 0.15) is 68.2 Å². The van der Waals surface area contributed by atoms with E-state index in [4.69, 9.17) is 0 Å². The molecule has 0 atom stereocenters. The van der Waals surface area contributed by atoms with E-state index in [9.17, 15) is 27.6 Å². The maximum Gasteiger partial charge on any atom is 0.416 e. The fraction of sp³-hybridized carbons (Fsp3) is 0.270. The molecule has 0 spiro atoms. The van der Waals surface area contributed by atoms with Gasteiger partial charge in [-0.1, -0.05) is 32.0 Å². The summed E-state index contributed by atoms with van der Waals surface area (Å²) in [6.45, 7) is 12.8. The molecule has 49 heavy (non-hydrogen) atoms. The third-order valence-electron chi connectivity index (χ3n) is 8.63. The number of nitrogens with one attached hydrogen (secondary N) is 5. The Morgan fingerprint density at radius 1 is 0.918 bits per heavy atom. The van der Waals surface area contributed by atoms with Crippen molar-refractivity contribution in [2.45, 2.75) is 40.8 Å². The number of aromatic amines is 1. The summed E-state index contributed by atoms with van der Waals surface area (Å²) in [6.07, 6.45) is -2.81. The minimum absolute atomic E-state index is 0.113. The molecule has 0 unspecified atom stereocenters. The molecular weight excluding hydrogens is 633 g/mol. The van der Waals surface area contributed by atoms with Crippen molar-refractivity contribution in [2.24, 2.45) is 0 Å². The van der Waals surface area contributed by atoms with Gasteiger partial charge in [-0.05, 0) is 93.5 Å². The molecular formula is C37H39F3N6O3. The molecule has 4 aromatic rings. The van der Waals surface area contributed by atoms with E-state index in [1.165, 1.54) is 12.1 Å². The smallest absolute Gasteiger partial charge is 0.358 e. The van der Waals surface area contributed by atoms with Crippen LogP contribution < -0.4 is 21.3 Å². The number of nitrogens with zero attached hydrogens (tertiary/aromatic N) is 1. The molecule has 256 valence electrons. The van der Waals surface area contributed by atoms with Crippen LogP contribution in [-0.2, 0) is 11.0 Å². The number of aromatic nitrogens is 1. The van der Waals surface area contributed by atoms with Gasteiger partial charge in [0.15, 0.2) is 0 Å². The number of fused-ring (bicyclic) bond motifs is 1. The predicted molar refractivity (Wildman–Crippen MR) is 187 cm³/mol. The van der Waals surface area contributed by atoms with Crippen molar-refractivity contribution in [2.75, 3.05) is 42.1 Å². The molecule has 0 bridgehead atoms. The van der Waals surface area contributed by atoms with Gasteiger partial charge >= 0.3 is 6.18 Å². The molecule has 9 nitrogen and oxygen atoms in total. The van der Waals surface area contributed by atoms with E-state index in [-0.39, 0.29) is 17.4 Å². The molecule has 1 aliphatic rings. The third kappa shape index (κ3) is 7.86. The van der Waals surface area contributed by atoms with Crippen LogP contribution in [0.4, 0.5) is 35.9 Å². The highest BCUT2D eigenvalue weighted by molar-refractivity contribution is 6.35. The zero-order valence-corrected chi connectivity index (χ0v) is 28.0. The number of carbonyl (C=O) groups excluding carboxylic acids is 3. The van der Waals surface area contributed by atoms with Crippen LogP contribution in [0.5, 0.6) is 0 Å². The van der Waals surface area contributed by atoms with Gasteiger partial charge in [-0.25, -0.2) is 0 Å². The zero-order chi connectivity index (χ0) is 35.5. The average Bonchev–Trinajstić information content (AvgIpc) is 3.53. The summed E-state index contributed by atoms with van der Waals surface area (Å²) in [7, 11) is 0. The van der Waals surface area contributed by atoms with Gasteiger partial charge in [0.2, 0.25) is 0 Å². The Morgan fingerprint density at radius 2 is 1.65 bits per heavy atom. The topological polar surface area (TPSA) is 118 Å². The first kappa shape index (κ1) is 35.0. The Morgan fingerprint density at radius 3 is 2.37 bits per heavy atom. The molecule has 12 heteroatoms. The highest BCUT2D eigenvalue weighted by atomic mass is 19.4. The lowest BCUT2D eigenvalue weighted by molar-refractivity contribution is -0.137. The summed E-state index contributed by atoms with van der Waals surface area (Å²) in [5, 5.41) is 11.9. The summed E-state index contributed by atoms with van der Waals surface area (Å²) in [5.74, 6) is -1.11. The maximum atomic E-state index is 13.1. The molecule has 0 aliphatic carbocycles. The normalized spacial score (nSPS) is 13.4. The number of hydrogen-bond donors (Lipinski definition) is 5. The SMILES string of the molecule is CCN(CC)CCNC(=O)c1c(C)[nH]c(/C=C2\C(=O)Nc3cc(Nc4cc(NC(=O)c5cccc(C(F)(F)F)c5)ccc4C)ccc32)c1C. The molecule has 1 aromatic heterocycles.